The lowest BCUT2D eigenvalue weighted by Gasteiger charge is -2.11. The predicted octanol–water partition coefficient (Wildman–Crippen LogP) is 5.63. The maximum atomic E-state index is 13.6. The predicted molar refractivity (Wildman–Crippen MR) is 124 cm³/mol. The number of rotatable bonds is 6. The van der Waals surface area contributed by atoms with E-state index in [4.69, 9.17) is 18.3 Å². The van der Waals surface area contributed by atoms with Gasteiger partial charge >= 0.3 is 11.9 Å². The van der Waals surface area contributed by atoms with Gasteiger partial charge in [0, 0.05) is 22.3 Å². The molecule has 0 fully saturated rings. The van der Waals surface area contributed by atoms with Crippen molar-refractivity contribution in [3.8, 4) is 22.6 Å². The summed E-state index contributed by atoms with van der Waals surface area (Å²) in [6.07, 6.45) is 2.80. The molecule has 172 valence electrons. The normalized spacial score (nSPS) is 10.7. The fourth-order valence-corrected chi connectivity index (χ4v) is 3.77. The Morgan fingerprint density at radius 3 is 1.41 bits per heavy atom. The molecular weight excluding hydrogens is 436 g/mol. The molecule has 0 aliphatic rings. The zero-order valence-electron chi connectivity index (χ0n) is 19.1. The highest BCUT2D eigenvalue weighted by atomic mass is 16.5. The van der Waals surface area contributed by atoms with E-state index >= 15 is 0 Å². The van der Waals surface area contributed by atoms with Gasteiger partial charge in [0.25, 0.3) is 0 Å². The third kappa shape index (κ3) is 4.03. The van der Waals surface area contributed by atoms with Crippen LogP contribution in [0.25, 0.3) is 22.6 Å². The van der Waals surface area contributed by atoms with Crippen LogP contribution in [0.5, 0.6) is 0 Å². The quantitative estimate of drug-likeness (QED) is 0.273. The van der Waals surface area contributed by atoms with E-state index in [-0.39, 0.29) is 16.9 Å². The molecule has 7 nitrogen and oxygen atoms in total. The molecule has 0 saturated carbocycles. The van der Waals surface area contributed by atoms with Gasteiger partial charge in [-0.25, -0.2) is 9.59 Å². The van der Waals surface area contributed by atoms with Crippen molar-refractivity contribution in [1.82, 2.24) is 0 Å². The first-order chi connectivity index (χ1) is 16.3. The number of ketones is 1. The topological polar surface area (TPSA) is 96.0 Å². The molecule has 4 aromatic rings. The summed E-state index contributed by atoms with van der Waals surface area (Å²) in [5, 5.41) is 0. The molecule has 2 heterocycles. The minimum Gasteiger partial charge on any atom is -0.465 e. The minimum atomic E-state index is -0.527. The fourth-order valence-electron chi connectivity index (χ4n) is 3.77. The number of carbonyl (C=O) groups excluding carboxylic acids is 3. The third-order valence-electron chi connectivity index (χ3n) is 5.63. The van der Waals surface area contributed by atoms with Crippen LogP contribution in [0.4, 0.5) is 0 Å². The van der Waals surface area contributed by atoms with Crippen LogP contribution < -0.4 is 0 Å². The molecule has 0 N–H and O–H groups in total. The van der Waals surface area contributed by atoms with Crippen LogP contribution >= 0.6 is 0 Å². The van der Waals surface area contributed by atoms with Crippen molar-refractivity contribution in [1.29, 1.82) is 0 Å². The Hall–Kier alpha value is -4.39. The summed E-state index contributed by atoms with van der Waals surface area (Å²) in [6.45, 7) is 3.67. The smallest absolute Gasteiger partial charge is 0.341 e. The average Bonchev–Trinajstić information content (AvgIpc) is 3.53. The highest BCUT2D eigenvalue weighted by Gasteiger charge is 2.22. The van der Waals surface area contributed by atoms with E-state index in [1.165, 1.54) is 38.9 Å². The molecule has 2 aromatic heterocycles. The van der Waals surface area contributed by atoms with Crippen LogP contribution in [0.2, 0.25) is 0 Å². The molecule has 34 heavy (non-hydrogen) atoms. The van der Waals surface area contributed by atoms with E-state index in [1.54, 1.807) is 36.4 Å². The van der Waals surface area contributed by atoms with E-state index in [0.29, 0.717) is 33.8 Å². The Morgan fingerprint density at radius 1 is 0.618 bits per heavy atom. The molecule has 0 amide bonds. The summed E-state index contributed by atoms with van der Waals surface area (Å²) in [5.41, 5.74) is 4.14. The lowest BCUT2D eigenvalue weighted by molar-refractivity contribution is 0.0592. The Labute approximate surface area is 195 Å². The lowest BCUT2D eigenvalue weighted by Crippen LogP contribution is -2.07. The fraction of sp³-hybridized carbons (Fsp3) is 0.148. The number of hydrogen-bond donors (Lipinski definition) is 0. The highest BCUT2D eigenvalue weighted by molar-refractivity contribution is 6.12. The molecule has 0 aliphatic carbocycles. The van der Waals surface area contributed by atoms with Crippen LogP contribution in [0, 0.1) is 13.8 Å². The zero-order chi connectivity index (χ0) is 24.4. The molecule has 7 heteroatoms. The molecule has 0 spiro atoms. The first-order valence-electron chi connectivity index (χ1n) is 10.4. The average molecular weight is 458 g/mol. The number of ether oxygens (including phenoxy) is 2. The summed E-state index contributed by atoms with van der Waals surface area (Å²) in [5.74, 6) is -0.619. The van der Waals surface area contributed by atoms with Gasteiger partial charge in [0.2, 0.25) is 0 Å². The van der Waals surface area contributed by atoms with Crippen molar-refractivity contribution in [3.05, 3.63) is 94.4 Å². The Bertz CT molecular complexity index is 1300. The van der Waals surface area contributed by atoms with Gasteiger partial charge in [0.1, 0.15) is 22.6 Å². The second-order valence-electron chi connectivity index (χ2n) is 7.70. The number of hydrogen-bond acceptors (Lipinski definition) is 7. The number of benzene rings is 2. The van der Waals surface area contributed by atoms with Gasteiger partial charge in [-0.3, -0.25) is 4.79 Å². The lowest BCUT2D eigenvalue weighted by atomic mass is 9.92. The number of methoxy groups -OCH3 is 2. The second kappa shape index (κ2) is 9.23. The summed E-state index contributed by atoms with van der Waals surface area (Å²) >= 11 is 0. The van der Waals surface area contributed by atoms with E-state index in [2.05, 4.69) is 0 Å². The monoisotopic (exact) mass is 458 g/mol. The van der Waals surface area contributed by atoms with E-state index in [9.17, 15) is 14.4 Å². The molecule has 0 atom stereocenters. The van der Waals surface area contributed by atoms with Crippen molar-refractivity contribution in [2.24, 2.45) is 0 Å². The van der Waals surface area contributed by atoms with Gasteiger partial charge in [-0.2, -0.15) is 0 Å². The zero-order valence-corrected chi connectivity index (χ0v) is 19.1. The SMILES string of the molecule is COC(=O)c1ccoc1-c1ccc(C)c(C(=O)c2cc(-c3occc3C(=O)OC)ccc2C)c1. The molecular formula is C27H22O7. The van der Waals surface area contributed by atoms with E-state index < -0.39 is 11.9 Å². The first kappa shape index (κ1) is 22.8. The second-order valence-corrected chi connectivity index (χ2v) is 7.70. The van der Waals surface area contributed by atoms with Crippen LogP contribution in [-0.4, -0.2) is 31.9 Å². The number of furan rings is 2. The molecule has 0 bridgehead atoms. The van der Waals surface area contributed by atoms with Crippen molar-refractivity contribution in [3.63, 3.8) is 0 Å². The third-order valence-corrected chi connectivity index (χ3v) is 5.63. The molecule has 0 unspecified atom stereocenters. The molecule has 0 radical (unpaired) electrons. The maximum Gasteiger partial charge on any atom is 0.341 e. The van der Waals surface area contributed by atoms with Gasteiger partial charge in [0.15, 0.2) is 5.78 Å². The van der Waals surface area contributed by atoms with Crippen molar-refractivity contribution < 1.29 is 32.7 Å². The number of esters is 2. The van der Waals surface area contributed by atoms with Gasteiger partial charge < -0.3 is 18.3 Å². The van der Waals surface area contributed by atoms with E-state index in [0.717, 1.165) is 11.1 Å². The Balaban J connectivity index is 1.78. The largest absolute Gasteiger partial charge is 0.465 e. The number of aryl methyl sites for hydroxylation is 2. The van der Waals surface area contributed by atoms with Gasteiger partial charge in [-0.05, 0) is 49.2 Å². The number of carbonyl (C=O) groups is 3. The van der Waals surface area contributed by atoms with Crippen LogP contribution in [-0.2, 0) is 9.47 Å². The van der Waals surface area contributed by atoms with Crippen LogP contribution in [0.3, 0.4) is 0 Å². The molecule has 4 rings (SSSR count). The Kier molecular flexibility index (Phi) is 6.19. The highest BCUT2D eigenvalue weighted by Crippen LogP contribution is 2.31. The minimum absolute atomic E-state index is 0.212. The van der Waals surface area contributed by atoms with Crippen LogP contribution in [0.15, 0.2) is 69.9 Å². The summed E-state index contributed by atoms with van der Waals surface area (Å²) < 4.78 is 20.7. The molecule has 0 saturated heterocycles. The van der Waals surface area contributed by atoms with Crippen LogP contribution in [0.1, 0.15) is 47.8 Å². The summed E-state index contributed by atoms with van der Waals surface area (Å²) in [4.78, 5) is 37.8. The standard InChI is InChI=1S/C27H22O7/c1-15-5-7-17(24-19(9-11-33-24)26(29)31-3)13-21(15)23(28)22-14-18(8-6-16(22)2)25-20(10-12-34-25)27(30)32-4/h5-14H,1-4H3. The van der Waals surface area contributed by atoms with Gasteiger partial charge in [-0.15, -0.1) is 0 Å². The molecule has 0 aliphatic heterocycles. The van der Waals surface area contributed by atoms with Crippen molar-refractivity contribution in [2.45, 2.75) is 13.8 Å². The first-order valence-corrected chi connectivity index (χ1v) is 10.4. The summed E-state index contributed by atoms with van der Waals surface area (Å²) in [6, 6.07) is 13.6. The summed E-state index contributed by atoms with van der Waals surface area (Å²) in [7, 11) is 2.59. The molecule has 2 aromatic carbocycles. The maximum absolute atomic E-state index is 13.6. The Morgan fingerprint density at radius 2 is 1.03 bits per heavy atom. The van der Waals surface area contributed by atoms with E-state index in [1.807, 2.05) is 13.8 Å². The van der Waals surface area contributed by atoms with Crippen molar-refractivity contribution in [2.75, 3.05) is 14.2 Å². The van der Waals surface area contributed by atoms with Crippen molar-refractivity contribution >= 4 is 17.7 Å². The van der Waals surface area contributed by atoms with Gasteiger partial charge in [0.05, 0.1) is 26.7 Å². The van der Waals surface area contributed by atoms with Gasteiger partial charge in [-0.1, -0.05) is 24.3 Å².